The molecule has 2 aliphatic rings. The van der Waals surface area contributed by atoms with E-state index in [2.05, 4.69) is 5.32 Å². The number of fused-ring (bicyclic) bond motifs is 3. The summed E-state index contributed by atoms with van der Waals surface area (Å²) in [6, 6.07) is 22.7. The molecule has 0 fully saturated rings. The lowest BCUT2D eigenvalue weighted by atomic mass is 10.1. The Hall–Kier alpha value is -4.34. The van der Waals surface area contributed by atoms with Gasteiger partial charge in [-0.1, -0.05) is 41.9 Å². The summed E-state index contributed by atoms with van der Waals surface area (Å²) in [5, 5.41) is 3.38. The Morgan fingerprint density at radius 1 is 0.872 bits per heavy atom. The lowest BCUT2D eigenvalue weighted by Gasteiger charge is -2.23. The summed E-state index contributed by atoms with van der Waals surface area (Å²) in [5.74, 6) is 0.339. The van der Waals surface area contributed by atoms with Gasteiger partial charge >= 0.3 is 0 Å². The van der Waals surface area contributed by atoms with Gasteiger partial charge in [0.05, 0.1) is 27.6 Å². The number of nitrogens with zero attached hydrogens (tertiary/aromatic N) is 1. The van der Waals surface area contributed by atoms with Crippen LogP contribution >= 0.6 is 11.6 Å². The van der Waals surface area contributed by atoms with Crippen LogP contribution in [0.5, 0.6) is 11.5 Å². The maximum atomic E-state index is 13.8. The first-order valence-corrected chi connectivity index (χ1v) is 13.9. The fourth-order valence-corrected chi connectivity index (χ4v) is 6.37. The van der Waals surface area contributed by atoms with Crippen LogP contribution in [0.25, 0.3) is 0 Å². The number of sulfone groups is 1. The highest BCUT2D eigenvalue weighted by Gasteiger charge is 2.36. The topological polar surface area (TPSA) is 102 Å². The summed E-state index contributed by atoms with van der Waals surface area (Å²) >= 11 is 6.03. The molecule has 10 heteroatoms. The third-order valence-electron chi connectivity index (χ3n) is 6.60. The van der Waals surface area contributed by atoms with E-state index >= 15 is 0 Å². The average Bonchev–Trinajstić information content (AvgIpc) is 3.41. The van der Waals surface area contributed by atoms with Gasteiger partial charge in [-0.2, -0.15) is 0 Å². The predicted molar refractivity (Wildman–Crippen MR) is 144 cm³/mol. The molecule has 6 rings (SSSR count). The number of hydrogen-bond donors (Lipinski definition) is 1. The largest absolute Gasteiger partial charge is 0.454 e. The minimum Gasteiger partial charge on any atom is -0.454 e. The zero-order valence-electron chi connectivity index (χ0n) is 20.4. The number of carbonyl (C=O) groups excluding carboxylic acids is 2. The lowest BCUT2D eigenvalue weighted by Crippen LogP contribution is -2.31. The second-order valence-corrected chi connectivity index (χ2v) is 11.4. The zero-order chi connectivity index (χ0) is 27.1. The minimum absolute atomic E-state index is 0.0536. The molecule has 2 heterocycles. The normalized spacial score (nSPS) is 14.8. The molecule has 2 aliphatic heterocycles. The molecule has 2 amide bonds. The van der Waals surface area contributed by atoms with Gasteiger partial charge in [-0.25, -0.2) is 8.42 Å². The molecule has 0 spiro atoms. The summed E-state index contributed by atoms with van der Waals surface area (Å²) in [5.41, 5.74) is 1.95. The number of halogens is 1. The van der Waals surface area contributed by atoms with Crippen molar-refractivity contribution in [3.63, 3.8) is 0 Å². The number of benzene rings is 4. The van der Waals surface area contributed by atoms with E-state index in [9.17, 15) is 18.0 Å². The van der Waals surface area contributed by atoms with Crippen molar-refractivity contribution in [2.24, 2.45) is 0 Å². The van der Waals surface area contributed by atoms with Crippen LogP contribution in [-0.2, 0) is 22.9 Å². The van der Waals surface area contributed by atoms with Gasteiger partial charge in [0, 0.05) is 17.1 Å². The van der Waals surface area contributed by atoms with E-state index in [0.29, 0.717) is 16.5 Å². The molecular weight excluding hydrogens is 540 g/mol. The van der Waals surface area contributed by atoms with Crippen LogP contribution in [0.3, 0.4) is 0 Å². The van der Waals surface area contributed by atoms with Crippen molar-refractivity contribution in [1.29, 1.82) is 0 Å². The highest BCUT2D eigenvalue weighted by Crippen LogP contribution is 2.38. The quantitative estimate of drug-likeness (QED) is 0.369. The van der Waals surface area contributed by atoms with Gasteiger partial charge in [0.25, 0.3) is 11.8 Å². The number of rotatable bonds is 5. The van der Waals surface area contributed by atoms with Gasteiger partial charge < -0.3 is 19.7 Å². The molecule has 196 valence electrons. The molecule has 4 aromatic rings. The van der Waals surface area contributed by atoms with Crippen molar-refractivity contribution in [2.75, 3.05) is 11.7 Å². The van der Waals surface area contributed by atoms with Gasteiger partial charge in [0.15, 0.2) is 11.5 Å². The van der Waals surface area contributed by atoms with Crippen molar-refractivity contribution in [1.82, 2.24) is 5.32 Å². The van der Waals surface area contributed by atoms with E-state index in [4.69, 9.17) is 21.1 Å². The number of amides is 2. The molecule has 1 N–H and O–H groups in total. The Labute approximate surface area is 229 Å². The molecule has 0 saturated heterocycles. The van der Waals surface area contributed by atoms with Gasteiger partial charge in [-0.3, -0.25) is 9.59 Å². The highest BCUT2D eigenvalue weighted by atomic mass is 35.5. The van der Waals surface area contributed by atoms with Crippen LogP contribution in [-0.4, -0.2) is 27.0 Å². The molecule has 0 aromatic heterocycles. The molecule has 0 aliphatic carbocycles. The summed E-state index contributed by atoms with van der Waals surface area (Å²) in [4.78, 5) is 28.2. The first kappa shape index (κ1) is 25.0. The van der Waals surface area contributed by atoms with E-state index < -0.39 is 21.7 Å². The third-order valence-corrected chi connectivity index (χ3v) is 8.71. The number of nitrogens with one attached hydrogen (secondary N) is 1. The van der Waals surface area contributed by atoms with E-state index in [0.717, 1.165) is 11.1 Å². The van der Waals surface area contributed by atoms with Crippen LogP contribution in [0.1, 0.15) is 31.8 Å². The van der Waals surface area contributed by atoms with Crippen molar-refractivity contribution < 1.29 is 27.5 Å². The number of anilines is 1. The third kappa shape index (κ3) is 4.60. The van der Waals surface area contributed by atoms with Crippen LogP contribution in [0.2, 0.25) is 5.02 Å². The second kappa shape index (κ2) is 9.76. The average molecular weight is 561 g/mol. The van der Waals surface area contributed by atoms with Crippen molar-refractivity contribution >= 4 is 38.9 Å². The maximum absolute atomic E-state index is 13.8. The van der Waals surface area contributed by atoms with Gasteiger partial charge in [0.1, 0.15) is 0 Å². The number of carbonyl (C=O) groups is 2. The van der Waals surface area contributed by atoms with Crippen molar-refractivity contribution in [3.8, 4) is 11.5 Å². The highest BCUT2D eigenvalue weighted by molar-refractivity contribution is 7.91. The first-order chi connectivity index (χ1) is 18.8. The van der Waals surface area contributed by atoms with Crippen molar-refractivity contribution in [3.05, 3.63) is 112 Å². The van der Waals surface area contributed by atoms with Crippen LogP contribution in [0, 0.1) is 0 Å². The van der Waals surface area contributed by atoms with Crippen molar-refractivity contribution in [2.45, 2.75) is 22.9 Å². The lowest BCUT2D eigenvalue weighted by molar-refractivity contribution is 0.0947. The monoisotopic (exact) mass is 560 g/mol. The standard InChI is InChI=1S/C29H21ClN2O6S/c30-21-9-5-18(6-10-21)16-32-23-14-20(28(33)31-15-19-7-11-24-25(13-19)38-17-37-24)8-12-27(23)39(35,36)26-4-2-1-3-22(26)29(32)34/h1-14H,15-17H2,(H,31,33). The predicted octanol–water partition coefficient (Wildman–Crippen LogP) is 4.99. The van der Waals surface area contributed by atoms with Gasteiger partial charge in [0.2, 0.25) is 16.6 Å². The fraction of sp³-hybridized carbons (Fsp3) is 0.103. The number of ether oxygens (including phenoxy) is 2. The Morgan fingerprint density at radius 2 is 1.62 bits per heavy atom. The smallest absolute Gasteiger partial charge is 0.259 e. The SMILES string of the molecule is O=C(NCc1ccc2c(c1)OCO2)c1ccc2c(c1)N(Cc1ccc(Cl)cc1)C(=O)c1ccccc1S2(=O)=O. The zero-order valence-corrected chi connectivity index (χ0v) is 22.0. The Kier molecular flexibility index (Phi) is 6.25. The molecule has 0 radical (unpaired) electrons. The Morgan fingerprint density at radius 3 is 2.44 bits per heavy atom. The van der Waals surface area contributed by atoms with E-state index in [1.165, 1.54) is 35.2 Å². The van der Waals surface area contributed by atoms with Crippen LogP contribution in [0.4, 0.5) is 5.69 Å². The summed E-state index contributed by atoms with van der Waals surface area (Å²) < 4.78 is 38.1. The Bertz CT molecular complexity index is 1740. The van der Waals surface area contributed by atoms with Crippen LogP contribution < -0.4 is 19.7 Å². The molecule has 0 saturated carbocycles. The molecule has 4 aromatic carbocycles. The summed E-state index contributed by atoms with van der Waals surface area (Å²) in [6.45, 7) is 0.442. The first-order valence-electron chi connectivity index (χ1n) is 12.0. The summed E-state index contributed by atoms with van der Waals surface area (Å²) in [7, 11) is -4.05. The molecular formula is C29H21ClN2O6S. The fourth-order valence-electron chi connectivity index (χ4n) is 4.61. The molecule has 8 nitrogen and oxygen atoms in total. The summed E-state index contributed by atoms with van der Waals surface area (Å²) in [6.07, 6.45) is 0. The number of hydrogen-bond acceptors (Lipinski definition) is 6. The molecule has 0 atom stereocenters. The van der Waals surface area contributed by atoms with Gasteiger partial charge in [-0.05, 0) is 65.7 Å². The van der Waals surface area contributed by atoms with Gasteiger partial charge in [-0.15, -0.1) is 0 Å². The molecule has 0 bridgehead atoms. The van der Waals surface area contributed by atoms with Crippen LogP contribution in [0.15, 0.2) is 94.7 Å². The molecule has 39 heavy (non-hydrogen) atoms. The second-order valence-electron chi connectivity index (χ2n) is 9.07. The Balaban J connectivity index is 1.37. The van der Waals surface area contributed by atoms with E-state index in [-0.39, 0.29) is 46.5 Å². The van der Waals surface area contributed by atoms with E-state index in [1.807, 2.05) is 6.07 Å². The van der Waals surface area contributed by atoms with E-state index in [1.54, 1.807) is 48.5 Å². The maximum Gasteiger partial charge on any atom is 0.259 e. The minimum atomic E-state index is -4.05. The molecule has 0 unspecified atom stereocenters.